The van der Waals surface area contributed by atoms with Gasteiger partial charge in [-0.05, 0) is 6.92 Å². The minimum Gasteiger partial charge on any atom is -0.463 e. The molecule has 0 atom stereocenters. The molecule has 1 rings (SSSR count). The van der Waals surface area contributed by atoms with Gasteiger partial charge in [0.25, 0.3) is 5.56 Å². The van der Waals surface area contributed by atoms with Crippen molar-refractivity contribution >= 4 is 11.7 Å². The normalized spacial score (nSPS) is 10.6. The fraction of sp³-hybridized carbons (Fsp3) is 0.417. The van der Waals surface area contributed by atoms with E-state index in [1.165, 1.54) is 16.8 Å². The van der Waals surface area contributed by atoms with E-state index >= 15 is 0 Å². The molecule has 1 aromatic heterocycles. The van der Waals surface area contributed by atoms with Crippen LogP contribution in [0.3, 0.4) is 0 Å². The summed E-state index contributed by atoms with van der Waals surface area (Å²) in [7, 11) is 3.67. The second-order valence-electron chi connectivity index (χ2n) is 3.78. The van der Waals surface area contributed by atoms with Gasteiger partial charge in [-0.25, -0.2) is 9.48 Å². The molecule has 0 unspecified atom stereocenters. The van der Waals surface area contributed by atoms with Gasteiger partial charge in [0.15, 0.2) is 0 Å². The average Bonchev–Trinajstić information content (AvgIpc) is 2.31. The van der Waals surface area contributed by atoms with E-state index in [1.54, 1.807) is 24.1 Å². The fourth-order valence-corrected chi connectivity index (χ4v) is 1.24. The van der Waals surface area contributed by atoms with Gasteiger partial charge in [-0.2, -0.15) is 5.10 Å². The zero-order valence-electron chi connectivity index (χ0n) is 10.8. The van der Waals surface area contributed by atoms with Crippen LogP contribution in [0.4, 0.5) is 5.69 Å². The van der Waals surface area contributed by atoms with Crippen LogP contribution in [0, 0.1) is 0 Å². The molecule has 0 spiro atoms. The highest BCUT2D eigenvalue weighted by Gasteiger charge is 2.00. The fourth-order valence-electron chi connectivity index (χ4n) is 1.24. The molecule has 6 heteroatoms. The monoisotopic (exact) mass is 251 g/mol. The predicted molar refractivity (Wildman–Crippen MR) is 68.6 cm³/mol. The van der Waals surface area contributed by atoms with Crippen molar-refractivity contribution in [2.75, 3.05) is 25.6 Å². The Kier molecular flexibility index (Phi) is 5.10. The Morgan fingerprint density at radius 2 is 2.28 bits per heavy atom. The van der Waals surface area contributed by atoms with E-state index in [4.69, 9.17) is 4.74 Å². The third kappa shape index (κ3) is 4.04. The molecule has 0 fully saturated rings. The molecule has 0 aliphatic heterocycles. The SMILES string of the molecule is CCOC(=O)/C=C/Cn1ncc(N(C)C)cc1=O. The van der Waals surface area contributed by atoms with E-state index in [-0.39, 0.29) is 12.1 Å². The number of carbonyl (C=O) groups excluding carboxylic acids is 1. The summed E-state index contributed by atoms with van der Waals surface area (Å²) in [5.41, 5.74) is 0.528. The molecular weight excluding hydrogens is 234 g/mol. The molecule has 0 aliphatic rings. The molecule has 0 saturated carbocycles. The molecule has 0 N–H and O–H groups in total. The summed E-state index contributed by atoms with van der Waals surface area (Å²) >= 11 is 0. The van der Waals surface area contributed by atoms with Crippen molar-refractivity contribution in [2.45, 2.75) is 13.5 Å². The van der Waals surface area contributed by atoms with E-state index in [0.29, 0.717) is 6.61 Å². The van der Waals surface area contributed by atoms with Crippen molar-refractivity contribution in [1.82, 2.24) is 9.78 Å². The summed E-state index contributed by atoms with van der Waals surface area (Å²) in [6, 6.07) is 1.49. The molecule has 98 valence electrons. The maximum absolute atomic E-state index is 11.7. The molecule has 18 heavy (non-hydrogen) atoms. The van der Waals surface area contributed by atoms with Crippen molar-refractivity contribution in [3.63, 3.8) is 0 Å². The van der Waals surface area contributed by atoms with Crippen LogP contribution < -0.4 is 10.5 Å². The first kappa shape index (κ1) is 14.0. The topological polar surface area (TPSA) is 64.4 Å². The number of esters is 1. The quantitative estimate of drug-likeness (QED) is 0.561. The number of rotatable bonds is 5. The van der Waals surface area contributed by atoms with Crippen LogP contribution in [-0.4, -0.2) is 36.5 Å². The van der Waals surface area contributed by atoms with Gasteiger partial charge < -0.3 is 9.64 Å². The van der Waals surface area contributed by atoms with Gasteiger partial charge in [0.2, 0.25) is 0 Å². The zero-order valence-corrected chi connectivity index (χ0v) is 10.8. The first-order chi connectivity index (χ1) is 8.54. The second-order valence-corrected chi connectivity index (χ2v) is 3.78. The lowest BCUT2D eigenvalue weighted by atomic mass is 10.4. The van der Waals surface area contributed by atoms with Crippen molar-refractivity contribution in [3.05, 3.63) is 34.8 Å². The van der Waals surface area contributed by atoms with Gasteiger partial charge in [-0.3, -0.25) is 4.79 Å². The highest BCUT2D eigenvalue weighted by molar-refractivity contribution is 5.81. The Hall–Kier alpha value is -2.11. The highest BCUT2D eigenvalue weighted by Crippen LogP contribution is 2.03. The standard InChI is InChI=1S/C12H17N3O3/c1-4-18-12(17)6-5-7-15-11(16)8-10(9-13-15)14(2)3/h5-6,8-9H,4,7H2,1-3H3/b6-5+. The third-order valence-electron chi connectivity index (χ3n) is 2.19. The van der Waals surface area contributed by atoms with Crippen LogP contribution in [0.5, 0.6) is 0 Å². The Morgan fingerprint density at radius 3 is 2.83 bits per heavy atom. The number of nitrogens with zero attached hydrogens (tertiary/aromatic N) is 3. The summed E-state index contributed by atoms with van der Waals surface area (Å²) in [4.78, 5) is 24.5. The molecule has 6 nitrogen and oxygen atoms in total. The predicted octanol–water partition coefficient (Wildman–Crippen LogP) is 0.429. The third-order valence-corrected chi connectivity index (χ3v) is 2.19. The number of anilines is 1. The smallest absolute Gasteiger partial charge is 0.330 e. The van der Waals surface area contributed by atoms with Gasteiger partial charge in [0.1, 0.15) is 0 Å². The van der Waals surface area contributed by atoms with Gasteiger partial charge >= 0.3 is 5.97 Å². The van der Waals surface area contributed by atoms with Crippen molar-refractivity contribution in [2.24, 2.45) is 0 Å². The first-order valence-electron chi connectivity index (χ1n) is 5.62. The molecule has 0 saturated heterocycles. The zero-order chi connectivity index (χ0) is 13.5. The van der Waals surface area contributed by atoms with Gasteiger partial charge in [0, 0.05) is 26.2 Å². The number of aromatic nitrogens is 2. The largest absolute Gasteiger partial charge is 0.463 e. The average molecular weight is 251 g/mol. The number of hydrogen-bond donors (Lipinski definition) is 0. The molecular formula is C12H17N3O3. The minimum absolute atomic E-state index is 0.213. The Labute approximate surface area is 105 Å². The highest BCUT2D eigenvalue weighted by atomic mass is 16.5. The van der Waals surface area contributed by atoms with Crippen molar-refractivity contribution in [3.8, 4) is 0 Å². The molecule has 0 bridgehead atoms. The minimum atomic E-state index is -0.421. The lowest BCUT2D eigenvalue weighted by Crippen LogP contribution is -2.23. The Balaban J connectivity index is 2.69. The van der Waals surface area contributed by atoms with Gasteiger partial charge in [-0.1, -0.05) is 6.08 Å². The van der Waals surface area contributed by atoms with Gasteiger partial charge in [0.05, 0.1) is 25.0 Å². The van der Waals surface area contributed by atoms with Crippen LogP contribution in [0.2, 0.25) is 0 Å². The number of allylic oxidation sites excluding steroid dienone is 1. The van der Waals surface area contributed by atoms with E-state index in [1.807, 2.05) is 14.1 Å². The van der Waals surface area contributed by atoms with E-state index in [0.717, 1.165) is 5.69 Å². The number of hydrogen-bond acceptors (Lipinski definition) is 5. The van der Waals surface area contributed by atoms with Crippen LogP contribution in [0.15, 0.2) is 29.2 Å². The molecule has 0 amide bonds. The summed E-state index contributed by atoms with van der Waals surface area (Å²) in [5.74, 6) is -0.421. The Morgan fingerprint density at radius 1 is 1.56 bits per heavy atom. The van der Waals surface area contributed by atoms with Crippen LogP contribution in [-0.2, 0) is 16.1 Å². The first-order valence-corrected chi connectivity index (χ1v) is 5.62. The second kappa shape index (κ2) is 6.58. The van der Waals surface area contributed by atoms with E-state index in [2.05, 4.69) is 5.10 Å². The van der Waals surface area contributed by atoms with Crippen LogP contribution >= 0.6 is 0 Å². The lowest BCUT2D eigenvalue weighted by molar-refractivity contribution is -0.137. The number of carbonyl (C=O) groups is 1. The van der Waals surface area contributed by atoms with E-state index < -0.39 is 5.97 Å². The molecule has 1 aromatic rings. The summed E-state index contributed by atoms with van der Waals surface area (Å²) < 4.78 is 5.99. The molecule has 0 radical (unpaired) electrons. The van der Waals surface area contributed by atoms with Gasteiger partial charge in [-0.15, -0.1) is 0 Å². The Bertz CT molecular complexity index is 492. The van der Waals surface area contributed by atoms with Crippen molar-refractivity contribution in [1.29, 1.82) is 0 Å². The maximum atomic E-state index is 11.7. The molecule has 0 aromatic carbocycles. The lowest BCUT2D eigenvalue weighted by Gasteiger charge is -2.11. The van der Waals surface area contributed by atoms with Crippen LogP contribution in [0.25, 0.3) is 0 Å². The summed E-state index contributed by atoms with van der Waals surface area (Å²) in [6.07, 6.45) is 4.43. The van der Waals surface area contributed by atoms with Crippen LogP contribution in [0.1, 0.15) is 6.92 Å². The van der Waals surface area contributed by atoms with Crippen molar-refractivity contribution < 1.29 is 9.53 Å². The summed E-state index contributed by atoms with van der Waals surface area (Å²) in [6.45, 7) is 2.31. The van der Waals surface area contributed by atoms with E-state index in [9.17, 15) is 9.59 Å². The summed E-state index contributed by atoms with van der Waals surface area (Å²) in [5, 5.41) is 4.00. The molecule has 0 aliphatic carbocycles. The number of ether oxygens (including phenoxy) is 1. The maximum Gasteiger partial charge on any atom is 0.330 e. The molecule has 1 heterocycles.